The van der Waals surface area contributed by atoms with Crippen molar-refractivity contribution in [2.24, 2.45) is 5.41 Å². The van der Waals surface area contributed by atoms with Crippen LogP contribution in [0.4, 0.5) is 0 Å². The zero-order chi connectivity index (χ0) is 15.9. The SMILES string of the molecule is CC(C)(C)C(=O)SCC(NC(=O)CO[N+](=O)[O-])C(=O)O. The number of thioether (sulfide) groups is 1. The molecule has 0 saturated heterocycles. The zero-order valence-electron chi connectivity index (χ0n) is 11.2. The Hall–Kier alpha value is -1.84. The second-order valence-electron chi connectivity index (χ2n) is 4.80. The summed E-state index contributed by atoms with van der Waals surface area (Å²) in [7, 11) is 0. The molecule has 0 aromatic rings. The Labute approximate surface area is 119 Å². The third kappa shape index (κ3) is 7.56. The van der Waals surface area contributed by atoms with Crippen LogP contribution in [0.25, 0.3) is 0 Å². The van der Waals surface area contributed by atoms with E-state index in [1.165, 1.54) is 0 Å². The topological polar surface area (TPSA) is 136 Å². The van der Waals surface area contributed by atoms with Crippen LogP contribution in [0.1, 0.15) is 20.8 Å². The summed E-state index contributed by atoms with van der Waals surface area (Å²) in [5, 5.41) is 19.4. The van der Waals surface area contributed by atoms with Crippen molar-refractivity contribution < 1.29 is 29.4 Å². The highest BCUT2D eigenvalue weighted by molar-refractivity contribution is 8.13. The normalized spacial score (nSPS) is 12.3. The summed E-state index contributed by atoms with van der Waals surface area (Å²) in [6.45, 7) is 4.15. The van der Waals surface area contributed by atoms with Crippen LogP contribution in [0.2, 0.25) is 0 Å². The molecule has 0 rings (SSSR count). The molecule has 20 heavy (non-hydrogen) atoms. The molecule has 0 aromatic heterocycles. The summed E-state index contributed by atoms with van der Waals surface area (Å²) in [5.41, 5.74) is -0.632. The van der Waals surface area contributed by atoms with Crippen molar-refractivity contribution in [3.63, 3.8) is 0 Å². The number of nitrogens with zero attached hydrogens (tertiary/aromatic N) is 1. The number of hydrogen-bond acceptors (Lipinski definition) is 7. The van der Waals surface area contributed by atoms with E-state index in [1.807, 2.05) is 5.32 Å². The van der Waals surface area contributed by atoms with Gasteiger partial charge in [0.1, 0.15) is 6.04 Å². The van der Waals surface area contributed by atoms with Crippen molar-refractivity contribution in [1.29, 1.82) is 0 Å². The van der Waals surface area contributed by atoms with E-state index in [2.05, 4.69) is 4.84 Å². The maximum Gasteiger partial charge on any atom is 0.327 e. The first-order valence-electron chi connectivity index (χ1n) is 5.50. The molecule has 0 aliphatic heterocycles. The lowest BCUT2D eigenvalue weighted by Gasteiger charge is -2.18. The van der Waals surface area contributed by atoms with E-state index in [0.717, 1.165) is 11.8 Å². The molecule has 9 nitrogen and oxygen atoms in total. The fourth-order valence-corrected chi connectivity index (χ4v) is 1.87. The van der Waals surface area contributed by atoms with Crippen molar-refractivity contribution in [3.05, 3.63) is 10.1 Å². The van der Waals surface area contributed by atoms with Gasteiger partial charge in [0, 0.05) is 11.2 Å². The van der Waals surface area contributed by atoms with Crippen LogP contribution in [0.3, 0.4) is 0 Å². The lowest BCUT2D eigenvalue weighted by atomic mass is 10.00. The number of hydrogen-bond donors (Lipinski definition) is 2. The maximum atomic E-state index is 11.6. The molecule has 10 heteroatoms. The number of carbonyl (C=O) groups is 3. The highest BCUT2D eigenvalue weighted by atomic mass is 32.2. The zero-order valence-corrected chi connectivity index (χ0v) is 12.1. The molecule has 1 amide bonds. The summed E-state index contributed by atoms with van der Waals surface area (Å²) in [4.78, 5) is 47.5. The van der Waals surface area contributed by atoms with Gasteiger partial charge in [-0.3, -0.25) is 9.59 Å². The Bertz CT molecular complexity index is 405. The fourth-order valence-electron chi connectivity index (χ4n) is 0.898. The Morgan fingerprint density at radius 3 is 2.35 bits per heavy atom. The first kappa shape index (κ1) is 18.2. The van der Waals surface area contributed by atoms with Gasteiger partial charge in [-0.2, -0.15) is 0 Å². The average Bonchev–Trinajstić information content (AvgIpc) is 2.29. The predicted octanol–water partition coefficient (Wildman–Crippen LogP) is 0.0700. The average molecular weight is 308 g/mol. The molecule has 0 bridgehead atoms. The van der Waals surface area contributed by atoms with Gasteiger partial charge < -0.3 is 15.3 Å². The van der Waals surface area contributed by atoms with Gasteiger partial charge in [-0.25, -0.2) is 4.79 Å². The molecule has 0 fully saturated rings. The van der Waals surface area contributed by atoms with Crippen molar-refractivity contribution in [1.82, 2.24) is 5.32 Å². The molecular weight excluding hydrogens is 292 g/mol. The van der Waals surface area contributed by atoms with Crippen LogP contribution in [-0.4, -0.2) is 45.6 Å². The minimum Gasteiger partial charge on any atom is -0.480 e. The van der Waals surface area contributed by atoms with Gasteiger partial charge in [0.15, 0.2) is 11.7 Å². The van der Waals surface area contributed by atoms with Crippen LogP contribution in [-0.2, 0) is 19.2 Å². The van der Waals surface area contributed by atoms with Crippen molar-refractivity contribution in [2.75, 3.05) is 12.4 Å². The third-order valence-corrected chi connectivity index (χ3v) is 3.30. The standard InChI is InChI=1S/C10H16N2O7S/c1-10(2,3)9(16)20-5-6(8(14)15)11-7(13)4-19-12(17)18/h6H,4-5H2,1-3H3,(H,11,13)(H,14,15). The molecule has 0 saturated carbocycles. The van der Waals surface area contributed by atoms with E-state index in [4.69, 9.17) is 5.11 Å². The minimum absolute atomic E-state index is 0.171. The number of amides is 1. The first-order valence-corrected chi connectivity index (χ1v) is 6.49. The highest BCUT2D eigenvalue weighted by Crippen LogP contribution is 2.23. The fraction of sp³-hybridized carbons (Fsp3) is 0.700. The van der Waals surface area contributed by atoms with Gasteiger partial charge in [0.25, 0.3) is 5.09 Å². The Kier molecular flexibility index (Phi) is 6.97. The molecule has 0 aliphatic carbocycles. The van der Waals surface area contributed by atoms with Crippen LogP contribution < -0.4 is 5.32 Å². The van der Waals surface area contributed by atoms with E-state index >= 15 is 0 Å². The predicted molar refractivity (Wildman–Crippen MR) is 69.4 cm³/mol. The van der Waals surface area contributed by atoms with Crippen molar-refractivity contribution >= 4 is 28.8 Å². The van der Waals surface area contributed by atoms with E-state index < -0.39 is 35.0 Å². The first-order chi connectivity index (χ1) is 9.04. The molecule has 1 unspecified atom stereocenters. The minimum atomic E-state index is -1.34. The summed E-state index contributed by atoms with van der Waals surface area (Å²) < 4.78 is 0. The molecular formula is C10H16N2O7S. The maximum absolute atomic E-state index is 11.6. The molecule has 0 aliphatic rings. The molecule has 0 aromatic carbocycles. The van der Waals surface area contributed by atoms with E-state index in [9.17, 15) is 24.5 Å². The van der Waals surface area contributed by atoms with Crippen LogP contribution in [0, 0.1) is 15.5 Å². The number of carbonyl (C=O) groups excluding carboxylic acids is 2. The monoisotopic (exact) mass is 308 g/mol. The van der Waals surface area contributed by atoms with Gasteiger partial charge in [-0.1, -0.05) is 32.5 Å². The summed E-state index contributed by atoms with van der Waals surface area (Å²) in [6, 6.07) is -1.32. The van der Waals surface area contributed by atoms with Crippen LogP contribution in [0.15, 0.2) is 0 Å². The van der Waals surface area contributed by atoms with Gasteiger partial charge in [-0.05, 0) is 0 Å². The van der Waals surface area contributed by atoms with Crippen LogP contribution >= 0.6 is 11.8 Å². The Balaban J connectivity index is 4.38. The third-order valence-electron chi connectivity index (χ3n) is 1.93. The summed E-state index contributed by atoms with van der Waals surface area (Å²) in [5.74, 6) is -2.46. The molecule has 0 spiro atoms. The molecule has 1 atom stereocenters. The number of nitrogens with one attached hydrogen (secondary N) is 1. The smallest absolute Gasteiger partial charge is 0.327 e. The largest absolute Gasteiger partial charge is 0.480 e. The molecule has 114 valence electrons. The number of carboxylic acids is 1. The lowest BCUT2D eigenvalue weighted by Crippen LogP contribution is -2.44. The summed E-state index contributed by atoms with van der Waals surface area (Å²) in [6.07, 6.45) is 0. The number of rotatable bonds is 7. The van der Waals surface area contributed by atoms with E-state index in [-0.39, 0.29) is 10.9 Å². The second kappa shape index (κ2) is 7.68. The molecule has 0 heterocycles. The molecule has 0 radical (unpaired) electrons. The number of carboxylic acid groups (broad SMARTS) is 1. The van der Waals surface area contributed by atoms with Gasteiger partial charge >= 0.3 is 5.97 Å². The lowest BCUT2D eigenvalue weighted by molar-refractivity contribution is -0.754. The van der Waals surface area contributed by atoms with Gasteiger partial charge in [0.2, 0.25) is 5.91 Å². The highest BCUT2D eigenvalue weighted by Gasteiger charge is 2.26. The van der Waals surface area contributed by atoms with E-state index in [1.54, 1.807) is 20.8 Å². The Morgan fingerprint density at radius 1 is 1.40 bits per heavy atom. The van der Waals surface area contributed by atoms with Gasteiger partial charge in [0.05, 0.1) is 0 Å². The van der Waals surface area contributed by atoms with E-state index in [0.29, 0.717) is 0 Å². The second-order valence-corrected chi connectivity index (χ2v) is 5.80. The van der Waals surface area contributed by atoms with Gasteiger partial charge in [-0.15, -0.1) is 10.1 Å². The molecule has 2 N–H and O–H groups in total. The Morgan fingerprint density at radius 2 is 1.95 bits per heavy atom. The quantitative estimate of drug-likeness (QED) is 0.498. The van der Waals surface area contributed by atoms with Crippen molar-refractivity contribution in [2.45, 2.75) is 26.8 Å². The van der Waals surface area contributed by atoms with Crippen molar-refractivity contribution in [3.8, 4) is 0 Å². The number of aliphatic carboxylic acids is 1. The van der Waals surface area contributed by atoms with Crippen LogP contribution in [0.5, 0.6) is 0 Å². The summed E-state index contributed by atoms with van der Waals surface area (Å²) >= 11 is 0.777.